The number of nitrogens with one attached hydrogen (secondary N) is 3. The zero-order valence-corrected chi connectivity index (χ0v) is 30.4. The maximum atomic E-state index is 12.1. The summed E-state index contributed by atoms with van der Waals surface area (Å²) in [6, 6.07) is 17.2. The van der Waals surface area contributed by atoms with Crippen LogP contribution in [0.15, 0.2) is 73.4 Å². The molecular weight excluding hydrogens is 723 g/mol. The summed E-state index contributed by atoms with van der Waals surface area (Å²) in [4.78, 5) is 39.9. The molecule has 294 valence electrons. The molecular formula is C37H44F3N9O6. The van der Waals surface area contributed by atoms with Gasteiger partial charge in [0.05, 0.1) is 37.5 Å². The molecule has 2 aromatic carbocycles. The molecule has 5 aromatic rings. The number of methoxy groups -OCH3 is 1. The van der Waals surface area contributed by atoms with Crippen molar-refractivity contribution in [3.05, 3.63) is 90.3 Å². The lowest BCUT2D eigenvalue weighted by molar-refractivity contribution is -0.192. The molecule has 0 bridgehead atoms. The van der Waals surface area contributed by atoms with Gasteiger partial charge in [-0.05, 0) is 36.6 Å². The van der Waals surface area contributed by atoms with Crippen LogP contribution in [-0.4, -0.2) is 101 Å². The Morgan fingerprint density at radius 3 is 2.27 bits per heavy atom. The van der Waals surface area contributed by atoms with Crippen molar-refractivity contribution in [3.8, 4) is 5.75 Å². The number of imidazole rings is 2. The Bertz CT molecular complexity index is 2020. The van der Waals surface area contributed by atoms with E-state index >= 15 is 0 Å². The monoisotopic (exact) mass is 767 g/mol. The Morgan fingerprint density at radius 2 is 1.65 bits per heavy atom. The standard InChI is InChI=1S/C35H43N9O4.C2HF3O2/c1-4-29(45)40-27-17-28(32(47)31(27)46)44-21-39-30-33(41-35(42-34(30)44)36-16-15-24-19-43(5-2)20-38-24)37-18-26(22-9-7-6-8-10-22)23-11-13-25(48-3)14-12-23;3-2(4,5)1(6)7/h6-14,19-21,26-28,31-32,46-47H,4-5,15-18H2,1-3H3,(H,40,45)(H2,36,37,41,42);(H,6,7)/t26?,27-,28+,31+,32-;/m0./s1. The van der Waals surface area contributed by atoms with Crippen molar-refractivity contribution in [3.63, 3.8) is 0 Å². The molecule has 3 heterocycles. The van der Waals surface area contributed by atoms with Crippen LogP contribution in [0.25, 0.3) is 11.2 Å². The summed E-state index contributed by atoms with van der Waals surface area (Å²) in [6.45, 7) is 5.74. The SMILES string of the molecule is CCC(=O)N[C@H]1C[C@@H](n2cnc3c(NCC(c4ccccc4)c4ccc(OC)cc4)nc(NCCc4cn(CC)cn4)nc32)[C@H](O)[C@@H]1O.O=C(O)C(F)(F)F. The van der Waals surface area contributed by atoms with Crippen molar-refractivity contribution >= 4 is 34.8 Å². The number of benzene rings is 2. The van der Waals surface area contributed by atoms with E-state index in [1.54, 1.807) is 24.9 Å². The molecule has 0 spiro atoms. The van der Waals surface area contributed by atoms with Crippen molar-refractivity contribution in [2.45, 2.75) is 76.0 Å². The number of aryl methyl sites for hydroxylation is 1. The summed E-state index contributed by atoms with van der Waals surface area (Å²) in [5, 5.41) is 38.8. The molecule has 6 rings (SSSR count). The lowest BCUT2D eigenvalue weighted by atomic mass is 9.91. The number of carbonyl (C=O) groups excluding carboxylic acids is 1. The van der Waals surface area contributed by atoms with Gasteiger partial charge in [0, 0.05) is 44.6 Å². The van der Waals surface area contributed by atoms with Crippen LogP contribution < -0.4 is 20.7 Å². The summed E-state index contributed by atoms with van der Waals surface area (Å²) < 4.78 is 40.9. The van der Waals surface area contributed by atoms with E-state index in [1.165, 1.54) is 0 Å². The highest BCUT2D eigenvalue weighted by Gasteiger charge is 2.44. The number of alkyl halides is 3. The maximum Gasteiger partial charge on any atom is 0.490 e. The van der Waals surface area contributed by atoms with Gasteiger partial charge in [0.25, 0.3) is 0 Å². The van der Waals surface area contributed by atoms with Crippen LogP contribution in [0.5, 0.6) is 5.75 Å². The molecule has 1 saturated carbocycles. The number of ether oxygens (including phenoxy) is 1. The highest BCUT2D eigenvalue weighted by atomic mass is 19.4. The first-order chi connectivity index (χ1) is 26.3. The van der Waals surface area contributed by atoms with E-state index in [9.17, 15) is 28.2 Å². The van der Waals surface area contributed by atoms with Crippen LogP contribution in [0.3, 0.4) is 0 Å². The molecule has 1 unspecified atom stereocenters. The minimum absolute atomic E-state index is 0.0102. The largest absolute Gasteiger partial charge is 0.497 e. The number of nitrogens with zero attached hydrogens (tertiary/aromatic N) is 6. The molecule has 0 aliphatic heterocycles. The number of carbonyl (C=O) groups is 2. The topological polar surface area (TPSA) is 202 Å². The summed E-state index contributed by atoms with van der Waals surface area (Å²) >= 11 is 0. The predicted octanol–water partition coefficient (Wildman–Crippen LogP) is 4.14. The Labute approximate surface area is 314 Å². The van der Waals surface area contributed by atoms with Crippen molar-refractivity contribution in [2.24, 2.45) is 0 Å². The van der Waals surface area contributed by atoms with E-state index in [0.717, 1.165) is 29.1 Å². The minimum atomic E-state index is -5.08. The molecule has 1 aliphatic carbocycles. The maximum absolute atomic E-state index is 12.1. The number of halogens is 3. The number of aromatic nitrogens is 6. The zero-order chi connectivity index (χ0) is 39.7. The smallest absolute Gasteiger partial charge is 0.490 e. The number of carboxylic acids is 1. The van der Waals surface area contributed by atoms with Gasteiger partial charge in [0.2, 0.25) is 11.9 Å². The second-order valence-electron chi connectivity index (χ2n) is 12.8. The average molecular weight is 768 g/mol. The van der Waals surface area contributed by atoms with Gasteiger partial charge in [-0.15, -0.1) is 0 Å². The van der Waals surface area contributed by atoms with Crippen LogP contribution >= 0.6 is 0 Å². The third-order valence-electron chi connectivity index (χ3n) is 9.25. The van der Waals surface area contributed by atoms with Crippen molar-refractivity contribution in [1.29, 1.82) is 0 Å². The fraction of sp³-hybridized carbons (Fsp3) is 0.405. The van der Waals surface area contributed by atoms with E-state index < -0.39 is 36.4 Å². The number of amides is 1. The highest BCUT2D eigenvalue weighted by molar-refractivity contribution is 5.84. The van der Waals surface area contributed by atoms with Gasteiger partial charge in [-0.1, -0.05) is 49.4 Å². The molecule has 15 nitrogen and oxygen atoms in total. The fourth-order valence-electron chi connectivity index (χ4n) is 6.26. The zero-order valence-electron chi connectivity index (χ0n) is 30.4. The fourth-order valence-corrected chi connectivity index (χ4v) is 6.26. The van der Waals surface area contributed by atoms with E-state index in [1.807, 2.05) is 47.4 Å². The van der Waals surface area contributed by atoms with Gasteiger partial charge < -0.3 is 45.1 Å². The van der Waals surface area contributed by atoms with Crippen LogP contribution in [-0.2, 0) is 22.6 Å². The quantitative estimate of drug-likeness (QED) is 0.0945. The summed E-state index contributed by atoms with van der Waals surface area (Å²) in [5.74, 6) is -1.23. The summed E-state index contributed by atoms with van der Waals surface area (Å²) in [6.07, 6.45) is -0.584. The first kappa shape index (κ1) is 40.4. The number of anilines is 2. The molecule has 5 atom stereocenters. The second kappa shape index (κ2) is 18.1. The van der Waals surface area contributed by atoms with Crippen molar-refractivity contribution < 1.29 is 42.8 Å². The minimum Gasteiger partial charge on any atom is -0.497 e. The number of aliphatic carboxylic acids is 1. The third-order valence-corrected chi connectivity index (χ3v) is 9.25. The van der Waals surface area contributed by atoms with E-state index in [2.05, 4.69) is 52.1 Å². The molecule has 6 N–H and O–H groups in total. The molecule has 1 amide bonds. The van der Waals surface area contributed by atoms with Gasteiger partial charge in [0.1, 0.15) is 18.0 Å². The molecule has 18 heteroatoms. The lowest BCUT2D eigenvalue weighted by Crippen LogP contribution is -2.42. The van der Waals surface area contributed by atoms with E-state index in [4.69, 9.17) is 29.6 Å². The first-order valence-corrected chi connectivity index (χ1v) is 17.7. The van der Waals surface area contributed by atoms with Crippen LogP contribution in [0, 0.1) is 0 Å². The number of carboxylic acid groups (broad SMARTS) is 1. The third kappa shape index (κ3) is 10.1. The Balaban J connectivity index is 0.000000757. The Morgan fingerprint density at radius 1 is 0.964 bits per heavy atom. The van der Waals surface area contributed by atoms with E-state index in [-0.39, 0.29) is 18.2 Å². The molecule has 3 aromatic heterocycles. The van der Waals surface area contributed by atoms with Gasteiger partial charge >= 0.3 is 12.1 Å². The van der Waals surface area contributed by atoms with Gasteiger partial charge in [0.15, 0.2) is 17.0 Å². The molecule has 0 saturated heterocycles. The van der Waals surface area contributed by atoms with E-state index in [0.29, 0.717) is 48.9 Å². The van der Waals surface area contributed by atoms with Crippen LogP contribution in [0.2, 0.25) is 0 Å². The van der Waals surface area contributed by atoms with Crippen LogP contribution in [0.1, 0.15) is 55.5 Å². The number of rotatable bonds is 14. The number of aliphatic hydroxyl groups is 2. The van der Waals surface area contributed by atoms with Gasteiger partial charge in [-0.25, -0.2) is 14.8 Å². The Hall–Kier alpha value is -5.75. The number of hydrogen-bond donors (Lipinski definition) is 6. The number of fused-ring (bicyclic) bond motifs is 1. The van der Waals surface area contributed by atoms with Crippen molar-refractivity contribution in [1.82, 2.24) is 34.4 Å². The second-order valence-corrected chi connectivity index (χ2v) is 12.8. The molecule has 0 radical (unpaired) electrons. The molecule has 55 heavy (non-hydrogen) atoms. The van der Waals surface area contributed by atoms with Gasteiger partial charge in [-0.3, -0.25) is 4.79 Å². The first-order valence-electron chi connectivity index (χ1n) is 17.7. The average Bonchev–Trinajstić information content (AvgIpc) is 3.90. The Kier molecular flexibility index (Phi) is 13.3. The normalized spacial score (nSPS) is 18.6. The van der Waals surface area contributed by atoms with Gasteiger partial charge in [-0.2, -0.15) is 23.1 Å². The molecule has 1 fully saturated rings. The number of hydrogen-bond acceptors (Lipinski definition) is 11. The summed E-state index contributed by atoms with van der Waals surface area (Å²) in [5.41, 5.74) is 4.25. The summed E-state index contributed by atoms with van der Waals surface area (Å²) in [7, 11) is 1.65. The predicted molar refractivity (Wildman–Crippen MR) is 197 cm³/mol. The highest BCUT2D eigenvalue weighted by Crippen LogP contribution is 2.35. The van der Waals surface area contributed by atoms with Crippen LogP contribution in [0.4, 0.5) is 24.9 Å². The molecule has 1 aliphatic rings. The van der Waals surface area contributed by atoms with Crippen molar-refractivity contribution in [2.75, 3.05) is 30.8 Å². The lowest BCUT2D eigenvalue weighted by Gasteiger charge is -2.20. The number of aliphatic hydroxyl groups excluding tert-OH is 2.